The predicted octanol–water partition coefficient (Wildman–Crippen LogP) is 5.37. The molecule has 20 atom stereocenters. The number of piperidine rings is 1. The van der Waals surface area contributed by atoms with Crippen molar-refractivity contribution in [3.05, 3.63) is 36.0 Å². The van der Waals surface area contributed by atoms with E-state index in [4.69, 9.17) is 43.0 Å². The third-order valence-corrected chi connectivity index (χ3v) is 15.8. The van der Waals surface area contributed by atoms with Crippen LogP contribution in [-0.2, 0) is 42.7 Å². The number of carbonyl (C=O) groups is 1. The number of fused-ring (bicyclic) bond motifs is 5. The highest BCUT2D eigenvalue weighted by Crippen LogP contribution is 2.55. The fraction of sp³-hybridized carbons (Fsp3) is 0.851. The summed E-state index contributed by atoms with van der Waals surface area (Å²) in [7, 11) is 0. The van der Waals surface area contributed by atoms with E-state index in [9.17, 15) is 20.1 Å². The fourth-order valence-corrected chi connectivity index (χ4v) is 12.8. The van der Waals surface area contributed by atoms with Crippen LogP contribution in [0.2, 0.25) is 0 Å². The van der Waals surface area contributed by atoms with E-state index >= 15 is 0 Å². The maximum atomic E-state index is 12.2. The normalized spacial score (nSPS) is 51.7. The molecule has 0 aliphatic carbocycles. The fourth-order valence-electron chi connectivity index (χ4n) is 12.8. The number of ether oxygens (including phenoxy) is 8. The highest BCUT2D eigenvalue weighted by atomic mass is 16.8. The Labute approximate surface area is 360 Å². The Morgan fingerprint density at radius 2 is 1.69 bits per heavy atom. The van der Waals surface area contributed by atoms with Gasteiger partial charge in [-0.2, -0.15) is 0 Å². The van der Waals surface area contributed by atoms with Gasteiger partial charge < -0.3 is 58.3 Å². The Morgan fingerprint density at radius 3 is 2.46 bits per heavy atom. The minimum Gasteiger partial charge on any atom is -0.481 e. The molecular formula is C47H71NO13. The number of hydrogen-bond donors (Lipinski definition) is 5. The quantitative estimate of drug-likeness (QED) is 0.187. The van der Waals surface area contributed by atoms with Crippen molar-refractivity contribution in [2.75, 3.05) is 6.54 Å². The molecule has 8 fully saturated rings. The van der Waals surface area contributed by atoms with Gasteiger partial charge in [0.25, 0.3) is 0 Å². The maximum Gasteiger partial charge on any atom is 0.306 e. The third-order valence-electron chi connectivity index (χ3n) is 15.8. The molecule has 61 heavy (non-hydrogen) atoms. The van der Waals surface area contributed by atoms with Crippen molar-refractivity contribution in [1.29, 1.82) is 0 Å². The topological polar surface area (TPSA) is 184 Å². The van der Waals surface area contributed by atoms with Crippen LogP contribution in [0.25, 0.3) is 0 Å². The second kappa shape index (κ2) is 16.3. The molecule has 5 N–H and O–H groups in total. The van der Waals surface area contributed by atoms with E-state index in [0.29, 0.717) is 62.7 Å². The summed E-state index contributed by atoms with van der Waals surface area (Å²) >= 11 is 0. The lowest BCUT2D eigenvalue weighted by Crippen LogP contribution is -2.60. The predicted molar refractivity (Wildman–Crippen MR) is 220 cm³/mol. The van der Waals surface area contributed by atoms with E-state index in [1.807, 2.05) is 13.0 Å². The third kappa shape index (κ3) is 8.37. The zero-order chi connectivity index (χ0) is 43.3. The highest BCUT2D eigenvalue weighted by Gasteiger charge is 2.64. The zero-order valence-corrected chi connectivity index (χ0v) is 37.0. The smallest absolute Gasteiger partial charge is 0.306 e. The Kier molecular flexibility index (Phi) is 11.8. The van der Waals surface area contributed by atoms with Crippen molar-refractivity contribution in [1.82, 2.24) is 5.32 Å². The van der Waals surface area contributed by atoms with E-state index in [0.717, 1.165) is 43.4 Å². The van der Waals surface area contributed by atoms with E-state index in [2.05, 4.69) is 46.5 Å². The lowest BCUT2D eigenvalue weighted by atomic mass is 9.79. The van der Waals surface area contributed by atoms with Crippen LogP contribution >= 0.6 is 0 Å². The van der Waals surface area contributed by atoms with E-state index in [-0.39, 0.29) is 55.2 Å². The van der Waals surface area contributed by atoms with Crippen molar-refractivity contribution in [3.63, 3.8) is 0 Å². The zero-order valence-electron chi connectivity index (χ0n) is 37.0. The van der Waals surface area contributed by atoms with Crippen LogP contribution in [0.4, 0.5) is 0 Å². The van der Waals surface area contributed by atoms with Crippen LogP contribution in [0.1, 0.15) is 125 Å². The highest BCUT2D eigenvalue weighted by molar-refractivity contribution is 5.67. The molecule has 9 rings (SSSR count). The first-order valence-corrected chi connectivity index (χ1v) is 23.3. The Morgan fingerprint density at radius 1 is 0.902 bits per heavy atom. The molecule has 0 amide bonds. The molecule has 0 aromatic rings. The average Bonchev–Trinajstić information content (AvgIpc) is 3.86. The summed E-state index contributed by atoms with van der Waals surface area (Å²) in [5, 5.41) is 47.1. The summed E-state index contributed by atoms with van der Waals surface area (Å²) in [6.07, 6.45) is 7.26. The van der Waals surface area contributed by atoms with Crippen molar-refractivity contribution in [3.8, 4) is 0 Å². The van der Waals surface area contributed by atoms with Crippen molar-refractivity contribution in [2.45, 2.75) is 215 Å². The summed E-state index contributed by atoms with van der Waals surface area (Å²) in [5.41, 5.74) is 1.44. The van der Waals surface area contributed by atoms with Gasteiger partial charge in [0.15, 0.2) is 23.1 Å². The van der Waals surface area contributed by atoms with E-state index in [1.165, 1.54) is 6.08 Å². The molecule has 14 nitrogen and oxygen atoms in total. The molecule has 0 radical (unpaired) electrons. The molecule has 0 saturated carbocycles. The largest absolute Gasteiger partial charge is 0.481 e. The van der Waals surface area contributed by atoms with Crippen molar-refractivity contribution in [2.24, 2.45) is 29.6 Å². The van der Waals surface area contributed by atoms with Gasteiger partial charge in [0, 0.05) is 57.4 Å². The van der Waals surface area contributed by atoms with Crippen LogP contribution in [-0.4, -0.2) is 123 Å². The average molecular weight is 858 g/mol. The van der Waals surface area contributed by atoms with Crippen LogP contribution in [0.3, 0.4) is 0 Å². The van der Waals surface area contributed by atoms with Crippen LogP contribution in [0, 0.1) is 29.6 Å². The Hall–Kier alpha value is -1.79. The second-order valence-electron chi connectivity index (χ2n) is 21.1. The van der Waals surface area contributed by atoms with Gasteiger partial charge in [-0.3, -0.25) is 10.1 Å². The summed E-state index contributed by atoms with van der Waals surface area (Å²) < 4.78 is 53.9. The number of nitrogens with one attached hydrogen (secondary N) is 1. The molecule has 0 aromatic carbocycles. The van der Waals surface area contributed by atoms with Gasteiger partial charge in [0.2, 0.25) is 0 Å². The van der Waals surface area contributed by atoms with E-state index < -0.39 is 65.4 Å². The number of carboxylic acid groups (broad SMARTS) is 1. The molecule has 9 aliphatic heterocycles. The lowest BCUT2D eigenvalue weighted by molar-refractivity contribution is -0.366. The number of rotatable bonds is 9. The number of carboxylic acids is 1. The SMILES string of the molecule is C=C(C[C@@]12C[C@H](C)C[C@H](O1)[C@@H]1O[C@@]3(C[C@@H]1O2)NC[C@@H](C)C[C@H]3C)[C@H]1O[C@@](O)([C@@H](O)[C@H]2C[C@@H]3O[C@@]4(CC[C@]5(C=C(C)C[C@@H](C=C[C@H](O)CC(=O)O)O5)O4)[C@@H](C)C[C@@H]3O2)CC[C@@H]1C. The van der Waals surface area contributed by atoms with Gasteiger partial charge in [0.05, 0.1) is 55.3 Å². The number of aliphatic carboxylic acids is 1. The number of aliphatic hydroxyl groups excluding tert-OH is 2. The van der Waals surface area contributed by atoms with Crippen molar-refractivity contribution >= 4 is 5.97 Å². The number of aliphatic hydroxyl groups is 3. The molecule has 0 aromatic heterocycles. The standard InChI is InChI=1S/C47H71NO13/c1-25-15-33(9-8-32(49)18-39(50)51)55-43(20-25)12-13-47(61-43)31(7)17-34-35(58-47)19-37(54-34)42(52)46(53)11-10-28(4)40(60-46)29(5)22-44-21-26(2)16-36(56-44)41-38(57-44)23-45(59-41)30(6)14-27(3)24-48-45/h8-9,20,26-28,30-38,40-42,48-49,52-53H,5,10-19,21-24H2,1-4,6-7H3,(H,50,51)/t26-,27+,28+,30-,31+,32+,33-,34+,35+,36+,37-,38+,40+,41+,42+,43-,44+,45-,46-,47-/m1/s1. The molecule has 14 heteroatoms. The monoisotopic (exact) mass is 857 g/mol. The van der Waals surface area contributed by atoms with Gasteiger partial charge in [-0.05, 0) is 74.3 Å². The summed E-state index contributed by atoms with van der Waals surface area (Å²) in [4.78, 5) is 11.0. The first-order valence-electron chi connectivity index (χ1n) is 23.3. The molecule has 9 aliphatic rings. The van der Waals surface area contributed by atoms with Gasteiger partial charge in [0.1, 0.15) is 17.9 Å². The molecule has 2 bridgehead atoms. The van der Waals surface area contributed by atoms with E-state index in [1.54, 1.807) is 6.08 Å². The molecule has 3 spiro atoms. The molecule has 9 heterocycles. The molecule has 8 saturated heterocycles. The van der Waals surface area contributed by atoms with Crippen molar-refractivity contribution < 1.29 is 63.1 Å². The number of hydrogen-bond acceptors (Lipinski definition) is 13. The summed E-state index contributed by atoms with van der Waals surface area (Å²) in [5.74, 6) is -4.48. The molecule has 342 valence electrons. The first-order chi connectivity index (χ1) is 28.8. The van der Waals surface area contributed by atoms with Gasteiger partial charge in [-0.15, -0.1) is 0 Å². The first kappa shape index (κ1) is 44.4. The molecular weight excluding hydrogens is 787 g/mol. The minimum absolute atomic E-state index is 0.0458. The molecule has 0 unspecified atom stereocenters. The summed E-state index contributed by atoms with van der Waals surface area (Å²) in [6.45, 7) is 18.5. The summed E-state index contributed by atoms with van der Waals surface area (Å²) in [6, 6.07) is 0. The second-order valence-corrected chi connectivity index (χ2v) is 21.1. The lowest BCUT2D eigenvalue weighted by Gasteiger charge is -2.52. The minimum atomic E-state index is -1.86. The van der Waals surface area contributed by atoms with Crippen LogP contribution < -0.4 is 5.32 Å². The van der Waals surface area contributed by atoms with Gasteiger partial charge in [-0.25, -0.2) is 0 Å². The Bertz CT molecular complexity index is 1740. The van der Waals surface area contributed by atoms with Gasteiger partial charge >= 0.3 is 5.97 Å². The van der Waals surface area contributed by atoms with Crippen LogP contribution in [0.15, 0.2) is 36.0 Å². The van der Waals surface area contributed by atoms with Crippen LogP contribution in [0.5, 0.6) is 0 Å². The Balaban J connectivity index is 0.838. The van der Waals surface area contributed by atoms with Gasteiger partial charge in [-0.1, -0.05) is 58.9 Å². The maximum absolute atomic E-state index is 12.2.